The van der Waals surface area contributed by atoms with Crippen molar-refractivity contribution in [2.45, 2.75) is 58.2 Å². The van der Waals surface area contributed by atoms with E-state index in [-0.39, 0.29) is 30.7 Å². The highest BCUT2D eigenvalue weighted by atomic mass is 35.5. The van der Waals surface area contributed by atoms with Gasteiger partial charge in [0, 0.05) is 32.8 Å². The Balaban J connectivity index is 0.00000364. The Labute approximate surface area is 182 Å². The fourth-order valence-corrected chi connectivity index (χ4v) is 3.36. The molecular formula is C21H37Cl2N3O2. The molecule has 0 saturated carbocycles. The largest absolute Gasteiger partial charge is 0.378 e. The van der Waals surface area contributed by atoms with Gasteiger partial charge in [0.05, 0.1) is 12.1 Å². The lowest BCUT2D eigenvalue weighted by molar-refractivity contribution is -0.122. The summed E-state index contributed by atoms with van der Waals surface area (Å²) in [5.41, 5.74) is 7.24. The normalized spacial score (nSPS) is 16.1. The van der Waals surface area contributed by atoms with Crippen LogP contribution in [0.4, 0.5) is 0 Å². The number of nitrogens with two attached hydrogens (primary N) is 1. The van der Waals surface area contributed by atoms with Crippen LogP contribution in [0.1, 0.15) is 45.1 Å². The molecule has 1 aromatic rings. The Morgan fingerprint density at radius 3 is 2.46 bits per heavy atom. The van der Waals surface area contributed by atoms with E-state index in [9.17, 15) is 4.79 Å². The SMILES string of the molecule is CC(C)C[C@H](N)C(=O)NCCCOC1CCN(Cc2ccccc2)CC1.Cl.Cl. The molecule has 1 aliphatic heterocycles. The molecule has 1 atom stereocenters. The van der Waals surface area contributed by atoms with E-state index in [1.165, 1.54) is 5.56 Å². The fourth-order valence-electron chi connectivity index (χ4n) is 3.36. The molecule has 3 N–H and O–H groups in total. The van der Waals surface area contributed by atoms with Gasteiger partial charge >= 0.3 is 0 Å². The maximum Gasteiger partial charge on any atom is 0.236 e. The smallest absolute Gasteiger partial charge is 0.236 e. The summed E-state index contributed by atoms with van der Waals surface area (Å²) in [4.78, 5) is 14.3. The highest BCUT2D eigenvalue weighted by Crippen LogP contribution is 2.16. The number of hydrogen-bond acceptors (Lipinski definition) is 4. The molecule has 1 saturated heterocycles. The topological polar surface area (TPSA) is 67.6 Å². The Morgan fingerprint density at radius 2 is 1.86 bits per heavy atom. The third kappa shape index (κ3) is 10.6. The monoisotopic (exact) mass is 433 g/mol. The molecule has 28 heavy (non-hydrogen) atoms. The molecule has 0 spiro atoms. The predicted octanol–water partition coefficient (Wildman–Crippen LogP) is 3.39. The van der Waals surface area contributed by atoms with Crippen LogP contribution >= 0.6 is 24.8 Å². The van der Waals surface area contributed by atoms with Gasteiger partial charge in [0.25, 0.3) is 0 Å². The number of amides is 1. The molecule has 2 rings (SSSR count). The van der Waals surface area contributed by atoms with Crippen molar-refractivity contribution in [3.63, 3.8) is 0 Å². The van der Waals surface area contributed by atoms with Crippen LogP contribution in [0.15, 0.2) is 30.3 Å². The van der Waals surface area contributed by atoms with Gasteiger partial charge in [-0.1, -0.05) is 44.2 Å². The van der Waals surface area contributed by atoms with Crippen molar-refractivity contribution < 1.29 is 9.53 Å². The second-order valence-corrected chi connectivity index (χ2v) is 7.71. The Kier molecular flexibility index (Phi) is 14.6. The van der Waals surface area contributed by atoms with Gasteiger partial charge in [0.15, 0.2) is 0 Å². The molecule has 0 unspecified atom stereocenters. The lowest BCUT2D eigenvalue weighted by Gasteiger charge is -2.32. The van der Waals surface area contributed by atoms with Crippen LogP contribution in [-0.2, 0) is 16.1 Å². The zero-order chi connectivity index (χ0) is 18.8. The minimum absolute atomic E-state index is 0. The van der Waals surface area contributed by atoms with Gasteiger partial charge in [-0.25, -0.2) is 0 Å². The maximum absolute atomic E-state index is 11.8. The minimum Gasteiger partial charge on any atom is -0.378 e. The molecule has 1 aliphatic rings. The van der Waals surface area contributed by atoms with Gasteiger partial charge in [-0.3, -0.25) is 9.69 Å². The van der Waals surface area contributed by atoms with Crippen LogP contribution in [-0.4, -0.2) is 49.2 Å². The van der Waals surface area contributed by atoms with E-state index in [1.807, 2.05) is 0 Å². The number of carbonyl (C=O) groups excluding carboxylic acids is 1. The first-order chi connectivity index (χ1) is 12.5. The number of nitrogens with one attached hydrogen (secondary N) is 1. The first kappa shape index (κ1) is 27.1. The van der Waals surface area contributed by atoms with E-state index in [0.29, 0.717) is 25.2 Å². The van der Waals surface area contributed by atoms with Gasteiger partial charge in [-0.2, -0.15) is 0 Å². The number of halogens is 2. The molecule has 0 aromatic heterocycles. The lowest BCUT2D eigenvalue weighted by atomic mass is 10.0. The summed E-state index contributed by atoms with van der Waals surface area (Å²) in [6, 6.07) is 10.2. The molecule has 5 nitrogen and oxygen atoms in total. The number of nitrogens with zero attached hydrogens (tertiary/aromatic N) is 1. The van der Waals surface area contributed by atoms with Crippen molar-refractivity contribution >= 4 is 30.7 Å². The standard InChI is InChI=1S/C21H35N3O2.2ClH/c1-17(2)15-20(22)21(25)23-11-6-14-26-19-9-12-24(13-10-19)16-18-7-4-3-5-8-18;;/h3-5,7-8,17,19-20H,6,9-16,22H2,1-2H3,(H,23,25);2*1H/t20-;;/m0../s1. The molecule has 1 amide bonds. The van der Waals surface area contributed by atoms with Crippen molar-refractivity contribution in [2.24, 2.45) is 11.7 Å². The van der Waals surface area contributed by atoms with Crippen LogP contribution in [0.2, 0.25) is 0 Å². The highest BCUT2D eigenvalue weighted by molar-refractivity contribution is 5.85. The molecule has 7 heteroatoms. The van der Waals surface area contributed by atoms with E-state index in [2.05, 4.69) is 54.4 Å². The summed E-state index contributed by atoms with van der Waals surface area (Å²) in [5.74, 6) is 0.389. The molecular weight excluding hydrogens is 397 g/mol. The Morgan fingerprint density at radius 1 is 1.21 bits per heavy atom. The molecule has 0 aliphatic carbocycles. The second-order valence-electron chi connectivity index (χ2n) is 7.71. The number of likely N-dealkylation sites (tertiary alicyclic amines) is 1. The van der Waals surface area contributed by atoms with Crippen molar-refractivity contribution in [1.82, 2.24) is 10.2 Å². The van der Waals surface area contributed by atoms with E-state index < -0.39 is 6.04 Å². The molecule has 162 valence electrons. The van der Waals surface area contributed by atoms with Gasteiger partial charge in [0.2, 0.25) is 5.91 Å². The molecule has 0 radical (unpaired) electrons. The summed E-state index contributed by atoms with van der Waals surface area (Å²) >= 11 is 0. The van der Waals surface area contributed by atoms with Crippen molar-refractivity contribution in [1.29, 1.82) is 0 Å². The highest BCUT2D eigenvalue weighted by Gasteiger charge is 2.19. The van der Waals surface area contributed by atoms with Gasteiger partial charge in [-0.05, 0) is 37.2 Å². The molecule has 1 fully saturated rings. The first-order valence-electron chi connectivity index (χ1n) is 9.95. The number of hydrogen-bond donors (Lipinski definition) is 2. The van der Waals surface area contributed by atoms with Crippen LogP contribution in [0.25, 0.3) is 0 Å². The van der Waals surface area contributed by atoms with Gasteiger partial charge in [-0.15, -0.1) is 24.8 Å². The maximum atomic E-state index is 11.8. The Hall–Kier alpha value is -0.850. The zero-order valence-corrected chi connectivity index (χ0v) is 18.8. The summed E-state index contributed by atoms with van der Waals surface area (Å²) in [7, 11) is 0. The second kappa shape index (κ2) is 15.1. The molecule has 1 heterocycles. The number of ether oxygens (including phenoxy) is 1. The number of rotatable bonds is 10. The van der Waals surface area contributed by atoms with E-state index in [1.54, 1.807) is 0 Å². The number of benzene rings is 1. The van der Waals surface area contributed by atoms with Crippen molar-refractivity contribution in [2.75, 3.05) is 26.2 Å². The Bertz CT molecular complexity index is 524. The van der Waals surface area contributed by atoms with Gasteiger partial charge in [0.1, 0.15) is 0 Å². The number of piperidine rings is 1. The lowest BCUT2D eigenvalue weighted by Crippen LogP contribution is -2.42. The average molecular weight is 434 g/mol. The average Bonchev–Trinajstić information content (AvgIpc) is 2.63. The number of carbonyl (C=O) groups is 1. The van der Waals surface area contributed by atoms with Crippen molar-refractivity contribution in [3.05, 3.63) is 35.9 Å². The van der Waals surface area contributed by atoms with E-state index >= 15 is 0 Å². The van der Waals surface area contributed by atoms with E-state index in [4.69, 9.17) is 10.5 Å². The minimum atomic E-state index is -0.398. The summed E-state index contributed by atoms with van der Waals surface area (Å²) < 4.78 is 5.98. The third-order valence-corrected chi connectivity index (χ3v) is 4.82. The van der Waals surface area contributed by atoms with Crippen LogP contribution < -0.4 is 11.1 Å². The van der Waals surface area contributed by atoms with Crippen LogP contribution in [0.5, 0.6) is 0 Å². The predicted molar refractivity (Wildman–Crippen MR) is 120 cm³/mol. The fraction of sp³-hybridized carbons (Fsp3) is 0.667. The first-order valence-corrected chi connectivity index (χ1v) is 9.95. The molecule has 0 bridgehead atoms. The van der Waals surface area contributed by atoms with Gasteiger partial charge < -0.3 is 15.8 Å². The summed E-state index contributed by atoms with van der Waals surface area (Å²) in [6.45, 7) is 8.68. The van der Waals surface area contributed by atoms with Crippen LogP contribution in [0.3, 0.4) is 0 Å². The zero-order valence-electron chi connectivity index (χ0n) is 17.1. The molecule has 1 aromatic carbocycles. The van der Waals surface area contributed by atoms with Crippen molar-refractivity contribution in [3.8, 4) is 0 Å². The van der Waals surface area contributed by atoms with E-state index in [0.717, 1.165) is 45.3 Å². The summed E-state index contributed by atoms with van der Waals surface area (Å²) in [5, 5.41) is 2.91. The summed E-state index contributed by atoms with van der Waals surface area (Å²) in [6.07, 6.45) is 4.08. The quantitative estimate of drug-likeness (QED) is 0.554. The third-order valence-electron chi connectivity index (χ3n) is 4.82. The van der Waals surface area contributed by atoms with Crippen LogP contribution in [0, 0.1) is 5.92 Å².